The molecule has 5 nitrogen and oxygen atoms in total. The Hall–Kier alpha value is -1.88. The number of nitrogens with two attached hydrogens (primary N) is 1. The molecule has 2 rings (SSSR count). The van der Waals surface area contributed by atoms with E-state index in [0.717, 1.165) is 11.5 Å². The van der Waals surface area contributed by atoms with E-state index in [1.807, 2.05) is 12.1 Å². The number of hydrogen-bond donors (Lipinski definition) is 1. The summed E-state index contributed by atoms with van der Waals surface area (Å²) in [6, 6.07) is 5.23. The standard InChI is InChI=1S/C11H13N3O2/c1-15-11-6-10(13-7-14-11)9(12)5-8-3-2-4-16-8/h2-4,6-7,9H,5,12H2,1H3. The zero-order chi connectivity index (χ0) is 11.4. The third-order valence-electron chi connectivity index (χ3n) is 2.25. The Morgan fingerprint density at radius 3 is 3.06 bits per heavy atom. The second kappa shape index (κ2) is 4.76. The summed E-state index contributed by atoms with van der Waals surface area (Å²) in [6.07, 6.45) is 3.67. The number of aromatic nitrogens is 2. The van der Waals surface area contributed by atoms with Crippen molar-refractivity contribution in [2.45, 2.75) is 12.5 Å². The van der Waals surface area contributed by atoms with Crippen LogP contribution in [0, 0.1) is 0 Å². The van der Waals surface area contributed by atoms with Gasteiger partial charge < -0.3 is 14.9 Å². The predicted octanol–water partition coefficient (Wildman–Crippen LogP) is 1.32. The minimum atomic E-state index is -0.219. The molecule has 1 unspecified atom stereocenters. The van der Waals surface area contributed by atoms with Gasteiger partial charge in [0.05, 0.1) is 25.1 Å². The molecule has 0 amide bonds. The number of hydrogen-bond acceptors (Lipinski definition) is 5. The van der Waals surface area contributed by atoms with E-state index in [4.69, 9.17) is 14.9 Å². The lowest BCUT2D eigenvalue weighted by Crippen LogP contribution is -2.15. The van der Waals surface area contributed by atoms with Crippen LogP contribution in [0.15, 0.2) is 35.2 Å². The van der Waals surface area contributed by atoms with Gasteiger partial charge in [0.1, 0.15) is 12.1 Å². The Labute approximate surface area is 93.3 Å². The van der Waals surface area contributed by atoms with Crippen LogP contribution in [0.4, 0.5) is 0 Å². The molecule has 5 heteroatoms. The number of furan rings is 1. The van der Waals surface area contributed by atoms with E-state index < -0.39 is 0 Å². The first-order valence-corrected chi connectivity index (χ1v) is 4.93. The van der Waals surface area contributed by atoms with E-state index in [1.165, 1.54) is 6.33 Å². The van der Waals surface area contributed by atoms with Crippen LogP contribution in [0.3, 0.4) is 0 Å². The molecule has 0 radical (unpaired) electrons. The fourth-order valence-electron chi connectivity index (χ4n) is 1.42. The molecule has 2 N–H and O–H groups in total. The average molecular weight is 219 g/mol. The highest BCUT2D eigenvalue weighted by Gasteiger charge is 2.11. The lowest BCUT2D eigenvalue weighted by Gasteiger charge is -2.09. The van der Waals surface area contributed by atoms with E-state index in [1.54, 1.807) is 19.4 Å². The summed E-state index contributed by atoms with van der Waals surface area (Å²) in [5.41, 5.74) is 6.74. The molecule has 0 aliphatic heterocycles. The van der Waals surface area contributed by atoms with Crippen molar-refractivity contribution in [3.8, 4) is 5.88 Å². The summed E-state index contributed by atoms with van der Waals surface area (Å²) >= 11 is 0. The molecule has 0 aliphatic rings. The first-order chi connectivity index (χ1) is 7.79. The van der Waals surface area contributed by atoms with Gasteiger partial charge in [-0.25, -0.2) is 9.97 Å². The quantitative estimate of drug-likeness (QED) is 0.839. The molecular formula is C11H13N3O2. The number of ether oxygens (including phenoxy) is 1. The van der Waals surface area contributed by atoms with Gasteiger partial charge in [-0.2, -0.15) is 0 Å². The monoisotopic (exact) mass is 219 g/mol. The molecule has 16 heavy (non-hydrogen) atoms. The fraction of sp³-hybridized carbons (Fsp3) is 0.273. The van der Waals surface area contributed by atoms with Crippen LogP contribution in [0.2, 0.25) is 0 Å². The van der Waals surface area contributed by atoms with E-state index >= 15 is 0 Å². The van der Waals surface area contributed by atoms with Crippen LogP contribution in [-0.4, -0.2) is 17.1 Å². The van der Waals surface area contributed by atoms with Gasteiger partial charge in [-0.3, -0.25) is 0 Å². The maximum absolute atomic E-state index is 6.00. The number of methoxy groups -OCH3 is 1. The Kier molecular flexibility index (Phi) is 3.16. The van der Waals surface area contributed by atoms with Gasteiger partial charge >= 0.3 is 0 Å². The van der Waals surface area contributed by atoms with Crippen LogP contribution in [-0.2, 0) is 6.42 Å². The van der Waals surface area contributed by atoms with Crippen molar-refractivity contribution in [1.29, 1.82) is 0 Å². The van der Waals surface area contributed by atoms with Gasteiger partial charge in [0.25, 0.3) is 0 Å². The smallest absolute Gasteiger partial charge is 0.216 e. The maximum Gasteiger partial charge on any atom is 0.216 e. The molecule has 0 saturated carbocycles. The second-order valence-corrected chi connectivity index (χ2v) is 3.38. The van der Waals surface area contributed by atoms with Crippen molar-refractivity contribution < 1.29 is 9.15 Å². The van der Waals surface area contributed by atoms with Crippen molar-refractivity contribution in [3.05, 3.63) is 42.2 Å². The van der Waals surface area contributed by atoms with Crippen molar-refractivity contribution in [2.75, 3.05) is 7.11 Å². The molecule has 2 heterocycles. The largest absolute Gasteiger partial charge is 0.481 e. The number of rotatable bonds is 4. The molecule has 0 spiro atoms. The van der Waals surface area contributed by atoms with Crippen LogP contribution in [0.1, 0.15) is 17.5 Å². The van der Waals surface area contributed by atoms with Crippen LogP contribution in [0.25, 0.3) is 0 Å². The highest BCUT2D eigenvalue weighted by Crippen LogP contribution is 2.16. The lowest BCUT2D eigenvalue weighted by molar-refractivity contribution is 0.394. The molecule has 1 atom stereocenters. The molecule has 0 bridgehead atoms. The molecular weight excluding hydrogens is 206 g/mol. The van der Waals surface area contributed by atoms with Crippen LogP contribution >= 0.6 is 0 Å². The Morgan fingerprint density at radius 1 is 1.50 bits per heavy atom. The topological polar surface area (TPSA) is 74.2 Å². The van der Waals surface area contributed by atoms with Crippen molar-refractivity contribution >= 4 is 0 Å². The molecule has 0 saturated heterocycles. The highest BCUT2D eigenvalue weighted by molar-refractivity contribution is 5.17. The predicted molar refractivity (Wildman–Crippen MR) is 57.9 cm³/mol. The summed E-state index contributed by atoms with van der Waals surface area (Å²) in [5, 5.41) is 0. The van der Waals surface area contributed by atoms with Gasteiger partial charge in [-0.1, -0.05) is 0 Å². The minimum Gasteiger partial charge on any atom is -0.481 e. The van der Waals surface area contributed by atoms with Gasteiger partial charge in [-0.15, -0.1) is 0 Å². The van der Waals surface area contributed by atoms with E-state index in [9.17, 15) is 0 Å². The van der Waals surface area contributed by atoms with E-state index in [-0.39, 0.29) is 6.04 Å². The first-order valence-electron chi connectivity index (χ1n) is 4.93. The average Bonchev–Trinajstić information content (AvgIpc) is 2.82. The summed E-state index contributed by atoms with van der Waals surface area (Å²) in [7, 11) is 1.56. The van der Waals surface area contributed by atoms with Crippen LogP contribution in [0.5, 0.6) is 5.88 Å². The zero-order valence-electron chi connectivity index (χ0n) is 8.96. The molecule has 0 aliphatic carbocycles. The fourth-order valence-corrected chi connectivity index (χ4v) is 1.42. The Morgan fingerprint density at radius 2 is 2.38 bits per heavy atom. The normalized spacial score (nSPS) is 12.4. The minimum absolute atomic E-state index is 0.219. The molecule has 0 aromatic carbocycles. The van der Waals surface area contributed by atoms with Gasteiger partial charge in [0.15, 0.2) is 0 Å². The summed E-state index contributed by atoms with van der Waals surface area (Å²) in [5.74, 6) is 1.35. The Bertz CT molecular complexity index is 442. The van der Waals surface area contributed by atoms with Crippen molar-refractivity contribution in [1.82, 2.24) is 9.97 Å². The summed E-state index contributed by atoms with van der Waals surface area (Å²) in [6.45, 7) is 0. The Balaban J connectivity index is 2.11. The van der Waals surface area contributed by atoms with Gasteiger partial charge in [0, 0.05) is 12.5 Å². The zero-order valence-corrected chi connectivity index (χ0v) is 8.96. The molecule has 84 valence electrons. The molecule has 2 aromatic heterocycles. The van der Waals surface area contributed by atoms with Gasteiger partial charge in [0.2, 0.25) is 5.88 Å². The third-order valence-corrected chi connectivity index (χ3v) is 2.25. The molecule has 2 aromatic rings. The number of nitrogens with zero attached hydrogens (tertiary/aromatic N) is 2. The lowest BCUT2D eigenvalue weighted by atomic mass is 10.1. The van der Waals surface area contributed by atoms with E-state index in [0.29, 0.717) is 12.3 Å². The summed E-state index contributed by atoms with van der Waals surface area (Å²) < 4.78 is 10.2. The maximum atomic E-state index is 6.00. The van der Waals surface area contributed by atoms with Crippen molar-refractivity contribution in [3.63, 3.8) is 0 Å². The van der Waals surface area contributed by atoms with Gasteiger partial charge in [-0.05, 0) is 12.1 Å². The van der Waals surface area contributed by atoms with Crippen LogP contribution < -0.4 is 10.5 Å². The third kappa shape index (κ3) is 2.38. The SMILES string of the molecule is COc1cc(C(N)Cc2ccco2)ncn1. The highest BCUT2D eigenvalue weighted by atomic mass is 16.5. The first kappa shape index (κ1) is 10.6. The second-order valence-electron chi connectivity index (χ2n) is 3.38. The molecule has 0 fully saturated rings. The van der Waals surface area contributed by atoms with E-state index in [2.05, 4.69) is 9.97 Å². The summed E-state index contributed by atoms with van der Waals surface area (Å²) in [4.78, 5) is 8.04. The van der Waals surface area contributed by atoms with Crippen molar-refractivity contribution in [2.24, 2.45) is 5.73 Å².